The minimum absolute atomic E-state index is 0.299. The molecule has 0 N–H and O–H groups in total. The summed E-state index contributed by atoms with van der Waals surface area (Å²) in [6, 6.07) is 8.09. The molecule has 3 aromatic rings. The van der Waals surface area contributed by atoms with Crippen molar-refractivity contribution in [1.29, 1.82) is 0 Å². The van der Waals surface area contributed by atoms with E-state index in [1.54, 1.807) is 19.1 Å². The summed E-state index contributed by atoms with van der Waals surface area (Å²) < 4.78 is 46.7. The van der Waals surface area contributed by atoms with Crippen molar-refractivity contribution in [3.63, 3.8) is 0 Å². The lowest BCUT2D eigenvalue weighted by molar-refractivity contribution is 0.0606. The average molecular weight is 416 g/mol. The molecule has 0 aliphatic carbocycles. The molecule has 2 aromatic carbocycles. The van der Waals surface area contributed by atoms with Crippen molar-refractivity contribution in [3.8, 4) is 11.4 Å². The number of hydrogen-bond donors (Lipinski definition) is 0. The van der Waals surface area contributed by atoms with E-state index in [2.05, 4.69) is 10.1 Å². The van der Waals surface area contributed by atoms with Crippen molar-refractivity contribution in [2.45, 2.75) is 13.5 Å². The van der Waals surface area contributed by atoms with Crippen LogP contribution in [-0.4, -0.2) is 52.0 Å². The molecule has 0 bridgehead atoms. The Morgan fingerprint density at radius 1 is 1.03 bits per heavy atom. The van der Waals surface area contributed by atoms with Crippen LogP contribution in [-0.2, 0) is 6.54 Å². The Hall–Kier alpha value is -3.20. The second kappa shape index (κ2) is 8.27. The Balaban J connectivity index is 1.37. The largest absolute Gasteiger partial charge is 0.338 e. The van der Waals surface area contributed by atoms with Gasteiger partial charge in [-0.1, -0.05) is 23.4 Å². The van der Waals surface area contributed by atoms with E-state index in [1.807, 2.05) is 4.90 Å². The van der Waals surface area contributed by atoms with E-state index < -0.39 is 23.1 Å². The highest BCUT2D eigenvalue weighted by molar-refractivity contribution is 5.94. The Bertz CT molecular complexity index is 1060. The Morgan fingerprint density at radius 3 is 2.40 bits per heavy atom. The van der Waals surface area contributed by atoms with Crippen molar-refractivity contribution in [1.82, 2.24) is 19.9 Å². The molecule has 6 nitrogen and oxygen atoms in total. The van der Waals surface area contributed by atoms with Crippen molar-refractivity contribution in [3.05, 3.63) is 70.9 Å². The van der Waals surface area contributed by atoms with Gasteiger partial charge in [0.25, 0.3) is 5.91 Å². The molecule has 9 heteroatoms. The van der Waals surface area contributed by atoms with E-state index in [0.717, 1.165) is 12.1 Å². The van der Waals surface area contributed by atoms with Gasteiger partial charge in [-0.3, -0.25) is 9.69 Å². The minimum atomic E-state index is -0.867. The van der Waals surface area contributed by atoms with Gasteiger partial charge in [-0.05, 0) is 30.7 Å². The molecule has 1 saturated heterocycles. The highest BCUT2D eigenvalue weighted by Crippen LogP contribution is 2.20. The van der Waals surface area contributed by atoms with Gasteiger partial charge in [0.05, 0.1) is 6.54 Å². The van der Waals surface area contributed by atoms with Crippen LogP contribution in [0.4, 0.5) is 13.2 Å². The first-order valence-electron chi connectivity index (χ1n) is 9.47. The molecule has 4 rings (SSSR count). The van der Waals surface area contributed by atoms with Crippen molar-refractivity contribution < 1.29 is 22.5 Å². The standard InChI is InChI=1S/C21H19F3N4O2/c1-13-5-6-14(11-17(13)24)20-25-18(30-26-20)12-27-7-9-28(10-8-27)21(29)19-15(22)3-2-4-16(19)23/h2-6,11H,7-10,12H2,1H3. The highest BCUT2D eigenvalue weighted by atomic mass is 19.1. The van der Waals surface area contributed by atoms with Gasteiger partial charge in [0.2, 0.25) is 11.7 Å². The number of benzene rings is 2. The zero-order valence-corrected chi connectivity index (χ0v) is 16.2. The highest BCUT2D eigenvalue weighted by Gasteiger charge is 2.27. The molecule has 156 valence electrons. The number of nitrogens with zero attached hydrogens (tertiary/aromatic N) is 4. The topological polar surface area (TPSA) is 62.5 Å². The van der Waals surface area contributed by atoms with E-state index in [-0.39, 0.29) is 5.82 Å². The number of halogens is 3. The second-order valence-corrected chi connectivity index (χ2v) is 7.14. The van der Waals surface area contributed by atoms with Crippen LogP contribution in [0.15, 0.2) is 40.9 Å². The molecule has 30 heavy (non-hydrogen) atoms. The molecule has 1 aromatic heterocycles. The third-order valence-electron chi connectivity index (χ3n) is 5.09. The van der Waals surface area contributed by atoms with Crippen LogP contribution < -0.4 is 0 Å². The third-order valence-corrected chi connectivity index (χ3v) is 5.09. The molecule has 0 unspecified atom stereocenters. The SMILES string of the molecule is Cc1ccc(-c2noc(CN3CCN(C(=O)c4c(F)cccc4F)CC3)n2)cc1F. The van der Waals surface area contributed by atoms with Crippen LogP contribution in [0.5, 0.6) is 0 Å². The average Bonchev–Trinajstić information content (AvgIpc) is 3.19. The normalized spacial score (nSPS) is 14.9. The summed E-state index contributed by atoms with van der Waals surface area (Å²) in [4.78, 5) is 20.2. The number of piperazine rings is 1. The summed E-state index contributed by atoms with van der Waals surface area (Å²) in [7, 11) is 0. The van der Waals surface area contributed by atoms with E-state index >= 15 is 0 Å². The molecule has 0 atom stereocenters. The van der Waals surface area contributed by atoms with Gasteiger partial charge >= 0.3 is 0 Å². The summed E-state index contributed by atoms with van der Waals surface area (Å²) in [5.41, 5.74) is 0.526. The fraction of sp³-hybridized carbons (Fsp3) is 0.286. The van der Waals surface area contributed by atoms with Gasteiger partial charge in [0.15, 0.2) is 0 Å². The second-order valence-electron chi connectivity index (χ2n) is 7.14. The van der Waals surface area contributed by atoms with Crippen LogP contribution in [0.3, 0.4) is 0 Å². The summed E-state index contributed by atoms with van der Waals surface area (Å²) in [5, 5.41) is 3.90. The monoisotopic (exact) mass is 416 g/mol. The first kappa shape index (κ1) is 20.1. The van der Waals surface area contributed by atoms with Crippen LogP contribution >= 0.6 is 0 Å². The number of carbonyl (C=O) groups is 1. The molecule has 0 radical (unpaired) electrons. The number of aromatic nitrogens is 2. The van der Waals surface area contributed by atoms with Crippen molar-refractivity contribution in [2.24, 2.45) is 0 Å². The first-order valence-corrected chi connectivity index (χ1v) is 9.47. The van der Waals surface area contributed by atoms with E-state index in [0.29, 0.717) is 55.6 Å². The Morgan fingerprint density at radius 2 is 1.73 bits per heavy atom. The molecular weight excluding hydrogens is 397 g/mol. The third kappa shape index (κ3) is 4.06. The van der Waals surface area contributed by atoms with Crippen LogP contribution in [0.25, 0.3) is 11.4 Å². The number of rotatable bonds is 4. The quantitative estimate of drug-likeness (QED) is 0.652. The molecule has 1 aliphatic heterocycles. The maximum atomic E-state index is 13.9. The zero-order valence-electron chi connectivity index (χ0n) is 16.2. The van der Waals surface area contributed by atoms with Gasteiger partial charge in [0, 0.05) is 31.7 Å². The van der Waals surface area contributed by atoms with Gasteiger partial charge in [0.1, 0.15) is 23.0 Å². The van der Waals surface area contributed by atoms with Crippen LogP contribution in [0.2, 0.25) is 0 Å². The van der Waals surface area contributed by atoms with Gasteiger partial charge < -0.3 is 9.42 Å². The van der Waals surface area contributed by atoms with Gasteiger partial charge in [-0.15, -0.1) is 0 Å². The predicted molar refractivity (Wildman–Crippen MR) is 102 cm³/mol. The van der Waals surface area contributed by atoms with Crippen LogP contribution in [0.1, 0.15) is 21.8 Å². The molecule has 1 fully saturated rings. The van der Waals surface area contributed by atoms with Gasteiger partial charge in [-0.25, -0.2) is 13.2 Å². The van der Waals surface area contributed by atoms with E-state index in [4.69, 9.17) is 4.52 Å². The smallest absolute Gasteiger partial charge is 0.259 e. The molecular formula is C21H19F3N4O2. The lowest BCUT2D eigenvalue weighted by atomic mass is 10.1. The fourth-order valence-corrected chi connectivity index (χ4v) is 3.33. The molecule has 1 amide bonds. The maximum Gasteiger partial charge on any atom is 0.259 e. The lowest BCUT2D eigenvalue weighted by Gasteiger charge is -2.34. The molecule has 1 aliphatic rings. The number of amides is 1. The summed E-state index contributed by atoms with van der Waals surface area (Å²) in [6.07, 6.45) is 0. The maximum absolute atomic E-state index is 13.9. The Kier molecular flexibility index (Phi) is 5.54. The van der Waals surface area contributed by atoms with E-state index in [1.165, 1.54) is 17.0 Å². The van der Waals surface area contributed by atoms with E-state index in [9.17, 15) is 18.0 Å². The first-order chi connectivity index (χ1) is 14.4. The lowest BCUT2D eigenvalue weighted by Crippen LogP contribution is -2.48. The summed E-state index contributed by atoms with van der Waals surface area (Å²) >= 11 is 0. The van der Waals surface area contributed by atoms with Gasteiger partial charge in [-0.2, -0.15) is 4.98 Å². The molecule has 0 saturated carbocycles. The van der Waals surface area contributed by atoms with Crippen molar-refractivity contribution >= 4 is 5.91 Å². The minimum Gasteiger partial charge on any atom is -0.338 e. The molecule has 0 spiro atoms. The number of aryl methyl sites for hydroxylation is 1. The van der Waals surface area contributed by atoms with Crippen LogP contribution in [0, 0.1) is 24.4 Å². The summed E-state index contributed by atoms with van der Waals surface area (Å²) in [5.74, 6) is -2.07. The Labute approximate surface area is 170 Å². The number of hydrogen-bond acceptors (Lipinski definition) is 5. The number of carbonyl (C=O) groups excluding carboxylic acids is 1. The van der Waals surface area contributed by atoms with Crippen molar-refractivity contribution in [2.75, 3.05) is 26.2 Å². The fourth-order valence-electron chi connectivity index (χ4n) is 3.33. The zero-order chi connectivity index (χ0) is 21.3. The summed E-state index contributed by atoms with van der Waals surface area (Å²) in [6.45, 7) is 3.63. The molecule has 2 heterocycles. The predicted octanol–water partition coefficient (Wildman–Crippen LogP) is 3.42.